The van der Waals surface area contributed by atoms with Crippen LogP contribution in [0.5, 0.6) is 0 Å². The average Bonchev–Trinajstić information content (AvgIpc) is 3.25. The molecule has 2 atom stereocenters. The Balaban J connectivity index is 1.54. The second-order valence-corrected chi connectivity index (χ2v) is 6.10. The van der Waals surface area contributed by atoms with Crippen LogP contribution < -0.4 is 4.90 Å². The molecular formula is C15H17N5O3. The summed E-state index contributed by atoms with van der Waals surface area (Å²) < 4.78 is 5.21. The Morgan fingerprint density at radius 1 is 1.30 bits per heavy atom. The molecule has 120 valence electrons. The van der Waals surface area contributed by atoms with E-state index in [4.69, 9.17) is 4.52 Å². The summed E-state index contributed by atoms with van der Waals surface area (Å²) >= 11 is 0. The van der Waals surface area contributed by atoms with Gasteiger partial charge in [-0.15, -0.1) is 0 Å². The van der Waals surface area contributed by atoms with Crippen molar-refractivity contribution in [3.8, 4) is 11.4 Å². The lowest BCUT2D eigenvalue weighted by Gasteiger charge is -2.27. The second-order valence-electron chi connectivity index (χ2n) is 6.10. The second kappa shape index (κ2) is 5.60. The molecule has 8 heteroatoms. The van der Waals surface area contributed by atoms with Crippen LogP contribution >= 0.6 is 0 Å². The normalized spacial score (nSPS) is 23.7. The van der Waals surface area contributed by atoms with Crippen molar-refractivity contribution >= 4 is 5.82 Å². The molecule has 2 aromatic heterocycles. The van der Waals surface area contributed by atoms with E-state index in [1.807, 2.05) is 12.1 Å². The molecule has 3 heterocycles. The molecule has 0 spiro atoms. The van der Waals surface area contributed by atoms with Crippen LogP contribution in [0.2, 0.25) is 0 Å². The summed E-state index contributed by atoms with van der Waals surface area (Å²) in [6, 6.07) is 3.21. The van der Waals surface area contributed by atoms with Crippen LogP contribution in [-0.2, 0) is 0 Å². The molecule has 0 bridgehead atoms. The highest BCUT2D eigenvalue weighted by Crippen LogP contribution is 2.42. The number of hydrogen-bond donors (Lipinski definition) is 0. The van der Waals surface area contributed by atoms with E-state index in [2.05, 4.69) is 20.0 Å². The molecule has 0 amide bonds. The third-order valence-corrected chi connectivity index (χ3v) is 4.47. The van der Waals surface area contributed by atoms with Crippen molar-refractivity contribution < 1.29 is 9.45 Å². The molecule has 1 aliphatic heterocycles. The predicted octanol–water partition coefficient (Wildman–Crippen LogP) is 2.25. The van der Waals surface area contributed by atoms with Gasteiger partial charge in [0.2, 0.25) is 17.8 Å². The zero-order chi connectivity index (χ0) is 15.8. The number of pyridine rings is 1. The molecule has 23 heavy (non-hydrogen) atoms. The van der Waals surface area contributed by atoms with E-state index in [0.717, 1.165) is 24.5 Å². The zero-order valence-electron chi connectivity index (χ0n) is 12.6. The minimum atomic E-state index is -0.579. The van der Waals surface area contributed by atoms with Crippen molar-refractivity contribution in [1.29, 1.82) is 0 Å². The third kappa shape index (κ3) is 2.76. The molecule has 1 saturated heterocycles. The maximum atomic E-state index is 10.7. The van der Waals surface area contributed by atoms with Crippen LogP contribution in [0.25, 0.3) is 11.4 Å². The first-order valence-corrected chi connectivity index (χ1v) is 7.91. The molecule has 4 rings (SSSR count). The summed E-state index contributed by atoms with van der Waals surface area (Å²) in [6.07, 6.45) is 5.85. The van der Waals surface area contributed by atoms with Gasteiger partial charge in [0.1, 0.15) is 11.7 Å². The fourth-order valence-electron chi connectivity index (χ4n) is 3.04. The van der Waals surface area contributed by atoms with Crippen LogP contribution in [0.15, 0.2) is 22.9 Å². The van der Waals surface area contributed by atoms with E-state index >= 15 is 0 Å². The Morgan fingerprint density at radius 3 is 2.87 bits per heavy atom. The third-order valence-electron chi connectivity index (χ3n) is 4.47. The maximum absolute atomic E-state index is 10.7. The van der Waals surface area contributed by atoms with Crippen LogP contribution in [-0.4, -0.2) is 39.2 Å². The summed E-state index contributed by atoms with van der Waals surface area (Å²) in [6.45, 7) is 2.03. The topological polar surface area (TPSA) is 98.2 Å². The molecule has 2 aliphatic rings. The zero-order valence-corrected chi connectivity index (χ0v) is 12.6. The van der Waals surface area contributed by atoms with Crippen molar-refractivity contribution in [2.75, 3.05) is 18.0 Å². The van der Waals surface area contributed by atoms with Crippen molar-refractivity contribution in [3.63, 3.8) is 0 Å². The number of nitrogens with zero attached hydrogens (tertiary/aromatic N) is 5. The lowest BCUT2D eigenvalue weighted by atomic mass is 10.1. The molecule has 0 aromatic carbocycles. The first-order valence-electron chi connectivity index (χ1n) is 7.91. The molecule has 0 unspecified atom stereocenters. The van der Waals surface area contributed by atoms with Crippen LogP contribution in [0.4, 0.5) is 5.82 Å². The van der Waals surface area contributed by atoms with Gasteiger partial charge in [-0.1, -0.05) is 5.16 Å². The Morgan fingerprint density at radius 2 is 2.13 bits per heavy atom. The first kappa shape index (κ1) is 14.1. The Bertz CT molecular complexity index is 725. The minimum absolute atomic E-state index is 0.241. The van der Waals surface area contributed by atoms with Gasteiger partial charge in [-0.2, -0.15) is 4.98 Å². The quantitative estimate of drug-likeness (QED) is 0.630. The Hall–Kier alpha value is -2.51. The Kier molecular flexibility index (Phi) is 3.44. The van der Waals surface area contributed by atoms with Crippen LogP contribution in [0, 0.1) is 10.1 Å². The molecule has 8 nitrogen and oxygen atoms in total. The van der Waals surface area contributed by atoms with Crippen LogP contribution in [0.3, 0.4) is 0 Å². The lowest BCUT2D eigenvalue weighted by molar-refractivity contribution is -0.496. The van der Waals surface area contributed by atoms with Crippen LogP contribution in [0.1, 0.15) is 37.5 Å². The summed E-state index contributed by atoms with van der Waals surface area (Å²) in [7, 11) is 0. The fraction of sp³-hybridized carbons (Fsp3) is 0.533. The van der Waals surface area contributed by atoms with Crippen molar-refractivity contribution in [2.45, 2.75) is 37.6 Å². The Labute approximate surface area is 132 Å². The number of piperidine rings is 1. The number of anilines is 1. The highest BCUT2D eigenvalue weighted by molar-refractivity contribution is 5.59. The van der Waals surface area contributed by atoms with E-state index in [0.29, 0.717) is 18.1 Å². The van der Waals surface area contributed by atoms with Gasteiger partial charge in [0.15, 0.2) is 0 Å². The largest absolute Gasteiger partial charge is 0.357 e. The molecule has 1 saturated carbocycles. The monoisotopic (exact) mass is 315 g/mol. The van der Waals surface area contributed by atoms with Crippen molar-refractivity contribution in [3.05, 3.63) is 34.3 Å². The molecule has 0 N–H and O–H groups in total. The highest BCUT2D eigenvalue weighted by Gasteiger charge is 2.53. The molecule has 2 fully saturated rings. The highest BCUT2D eigenvalue weighted by atomic mass is 16.6. The summed E-state index contributed by atoms with van der Waals surface area (Å²) in [5.74, 6) is 1.51. The maximum Gasteiger partial charge on any atom is 0.237 e. The van der Waals surface area contributed by atoms with Gasteiger partial charge in [0.05, 0.1) is 0 Å². The number of nitro groups is 1. The van der Waals surface area contributed by atoms with Gasteiger partial charge in [0, 0.05) is 36.2 Å². The van der Waals surface area contributed by atoms with Gasteiger partial charge in [-0.05, 0) is 31.4 Å². The minimum Gasteiger partial charge on any atom is -0.357 e. The summed E-state index contributed by atoms with van der Waals surface area (Å²) in [5, 5.41) is 14.7. The van der Waals surface area contributed by atoms with Crippen molar-refractivity contribution in [2.24, 2.45) is 0 Å². The van der Waals surface area contributed by atoms with Crippen molar-refractivity contribution in [1.82, 2.24) is 15.1 Å². The number of aromatic nitrogens is 3. The first-order chi connectivity index (χ1) is 11.2. The van der Waals surface area contributed by atoms with E-state index in [1.165, 1.54) is 19.3 Å². The van der Waals surface area contributed by atoms with Gasteiger partial charge < -0.3 is 9.42 Å². The van der Waals surface area contributed by atoms with Gasteiger partial charge in [-0.25, -0.2) is 4.98 Å². The van der Waals surface area contributed by atoms with Gasteiger partial charge in [0.25, 0.3) is 0 Å². The summed E-state index contributed by atoms with van der Waals surface area (Å²) in [4.78, 5) is 21.5. The average molecular weight is 315 g/mol. The van der Waals surface area contributed by atoms with Gasteiger partial charge >= 0.3 is 0 Å². The van der Waals surface area contributed by atoms with Gasteiger partial charge in [-0.3, -0.25) is 10.1 Å². The fourth-order valence-corrected chi connectivity index (χ4v) is 3.04. The lowest BCUT2D eigenvalue weighted by Crippen LogP contribution is -2.30. The standard InChI is InChI=1S/C15H17N5O3/c21-20(22)12-9-11(12)15-17-14(18-23-15)10-4-5-16-13(8-10)19-6-2-1-3-7-19/h4-5,8,11-12H,1-3,6-7,9H2/t11-,12-/m0/s1. The SMILES string of the molecule is O=[N+]([O-])[C@H]1C[C@@H]1c1nc(-c2ccnc(N3CCCCC3)c2)no1. The van der Waals surface area contributed by atoms with E-state index in [-0.39, 0.29) is 10.8 Å². The molecule has 2 aromatic rings. The molecular weight excluding hydrogens is 298 g/mol. The smallest absolute Gasteiger partial charge is 0.237 e. The summed E-state index contributed by atoms with van der Waals surface area (Å²) in [5.41, 5.74) is 0.828. The van der Waals surface area contributed by atoms with E-state index < -0.39 is 6.04 Å². The number of rotatable bonds is 4. The molecule has 0 radical (unpaired) electrons. The molecule has 1 aliphatic carbocycles. The van der Waals surface area contributed by atoms with E-state index in [9.17, 15) is 10.1 Å². The predicted molar refractivity (Wildman–Crippen MR) is 81.7 cm³/mol. The van der Waals surface area contributed by atoms with E-state index in [1.54, 1.807) is 6.20 Å². The number of hydrogen-bond acceptors (Lipinski definition) is 7.